The van der Waals surface area contributed by atoms with Gasteiger partial charge in [0.1, 0.15) is 23.4 Å². The number of nitrogens with two attached hydrogens (primary N) is 1. The maximum absolute atomic E-state index is 13.6. The normalized spacial score (nSPS) is 21.0. The van der Waals surface area contributed by atoms with Crippen molar-refractivity contribution in [3.8, 4) is 0 Å². The first-order valence-corrected chi connectivity index (χ1v) is 14.6. The van der Waals surface area contributed by atoms with Crippen LogP contribution in [-0.2, 0) is 6.42 Å². The molecule has 12 heteroatoms. The van der Waals surface area contributed by atoms with Gasteiger partial charge in [-0.2, -0.15) is 10.8 Å². The lowest BCUT2D eigenvalue weighted by Crippen LogP contribution is -2.53. The van der Waals surface area contributed by atoms with E-state index in [1.165, 1.54) is 6.20 Å². The molecule has 2 aromatic heterocycles. The van der Waals surface area contributed by atoms with Crippen molar-refractivity contribution < 1.29 is 14.2 Å². The zero-order valence-corrected chi connectivity index (χ0v) is 24.4. The Bertz CT molecular complexity index is 1700. The van der Waals surface area contributed by atoms with E-state index in [1.807, 2.05) is 24.3 Å². The lowest BCUT2D eigenvalue weighted by Gasteiger charge is -2.35. The number of fused-ring (bicyclic) bond motifs is 1. The summed E-state index contributed by atoms with van der Waals surface area (Å²) in [5.41, 5.74) is 3.93. The minimum absolute atomic E-state index is 0.0169. The molecule has 0 aliphatic carbocycles. The Balaban J connectivity index is 1.28. The standard InChI is InChI=1S/C31H30ClN9O2/c1-2-5-20-11-13-35-26(18-20)38-29(42)22-9-7-21(8-10-22)28-39-27(25-19-34-15-17-41(25,28)33)24-6-3-4-16-40(24)30(43)23-12-14-36-31(32)37-23/h7-15,17-19,24H,2-6,16,33H2,1H3/p+1. The smallest absolute Gasteiger partial charge is 0.273 e. The molecule has 6 rings (SSSR count). The average molecular weight is 597 g/mol. The number of nitrogens with one attached hydrogen (secondary N) is 1. The highest BCUT2D eigenvalue weighted by Gasteiger charge is 2.47. The number of pyridine rings is 1. The van der Waals surface area contributed by atoms with Gasteiger partial charge >= 0.3 is 0 Å². The van der Waals surface area contributed by atoms with Gasteiger partial charge in [-0.25, -0.2) is 15.0 Å². The van der Waals surface area contributed by atoms with Gasteiger partial charge in [0.25, 0.3) is 17.6 Å². The van der Waals surface area contributed by atoms with Gasteiger partial charge in [-0.05, 0) is 85.3 Å². The van der Waals surface area contributed by atoms with Gasteiger partial charge in [0.05, 0.1) is 24.0 Å². The van der Waals surface area contributed by atoms with Crippen LogP contribution >= 0.6 is 11.6 Å². The fourth-order valence-electron chi connectivity index (χ4n) is 5.66. The topological polar surface area (TPSA) is 139 Å². The van der Waals surface area contributed by atoms with E-state index in [2.05, 4.69) is 32.2 Å². The molecule has 1 fully saturated rings. The van der Waals surface area contributed by atoms with E-state index in [0.717, 1.165) is 36.8 Å². The first kappa shape index (κ1) is 28.5. The Hall–Kier alpha value is -4.58. The highest BCUT2D eigenvalue weighted by Crippen LogP contribution is 2.37. The van der Waals surface area contributed by atoms with Crippen molar-refractivity contribution in [1.29, 1.82) is 0 Å². The van der Waals surface area contributed by atoms with Crippen LogP contribution in [0.3, 0.4) is 0 Å². The predicted octanol–water partition coefficient (Wildman–Crippen LogP) is 4.64. The minimum Gasteiger partial charge on any atom is -0.328 e. The molecule has 1 saturated heterocycles. The number of aliphatic imine (C=N–C) groups is 2. The van der Waals surface area contributed by atoms with E-state index in [1.54, 1.807) is 47.9 Å². The number of hydrogen-bond donors (Lipinski definition) is 2. The van der Waals surface area contributed by atoms with Crippen LogP contribution in [0.2, 0.25) is 5.28 Å². The molecule has 11 nitrogen and oxygen atoms in total. The second kappa shape index (κ2) is 12.0. The number of amides is 2. The second-order valence-electron chi connectivity index (χ2n) is 10.6. The SMILES string of the molecule is CCCc1ccnc(NC(=O)c2ccc(C3=NC(C4CCCCN4C(=O)c4ccnc(Cl)n4)=C4C=NC=C[N+]34N)cc2)c1. The third kappa shape index (κ3) is 5.62. The summed E-state index contributed by atoms with van der Waals surface area (Å²) in [6.45, 7) is 2.65. The monoisotopic (exact) mass is 596 g/mol. The minimum atomic E-state index is -0.331. The molecule has 0 bridgehead atoms. The number of carbonyl (C=O) groups is 2. The number of halogens is 1. The number of carbonyl (C=O) groups excluding carboxylic acids is 2. The molecule has 3 N–H and O–H groups in total. The van der Waals surface area contributed by atoms with Gasteiger partial charge in [0.15, 0.2) is 0 Å². The molecule has 0 radical (unpaired) electrons. The van der Waals surface area contributed by atoms with Gasteiger partial charge < -0.3 is 10.2 Å². The average Bonchev–Trinajstić information content (AvgIpc) is 3.34. The number of likely N-dealkylation sites (tertiary alicyclic amines) is 1. The third-order valence-corrected chi connectivity index (χ3v) is 7.94. The number of rotatable bonds is 7. The number of aryl methyl sites for hydroxylation is 1. The van der Waals surface area contributed by atoms with Crippen LogP contribution in [0, 0.1) is 0 Å². The van der Waals surface area contributed by atoms with Gasteiger partial charge in [-0.1, -0.05) is 13.3 Å². The lowest BCUT2D eigenvalue weighted by atomic mass is 9.97. The summed E-state index contributed by atoms with van der Waals surface area (Å²) in [5.74, 6) is 7.55. The van der Waals surface area contributed by atoms with Gasteiger partial charge in [-0.15, -0.1) is 4.59 Å². The first-order valence-electron chi connectivity index (χ1n) is 14.3. The number of hydrogen-bond acceptors (Lipinski definition) is 8. The molecule has 3 aromatic rings. The van der Waals surface area contributed by atoms with Crippen molar-refractivity contribution in [2.24, 2.45) is 15.8 Å². The second-order valence-corrected chi connectivity index (χ2v) is 10.9. The molecule has 2 unspecified atom stereocenters. The Morgan fingerprint density at radius 1 is 1.12 bits per heavy atom. The van der Waals surface area contributed by atoms with Crippen molar-refractivity contribution in [1.82, 2.24) is 19.9 Å². The van der Waals surface area contributed by atoms with Crippen LogP contribution in [-0.4, -0.2) is 60.9 Å². The molecule has 0 spiro atoms. The van der Waals surface area contributed by atoms with Crippen LogP contribution in [0.4, 0.5) is 5.82 Å². The molecular weight excluding hydrogens is 566 g/mol. The Kier molecular flexibility index (Phi) is 7.94. The number of allylic oxidation sites excluding steroid dienone is 1. The molecule has 5 heterocycles. The van der Waals surface area contributed by atoms with E-state index in [0.29, 0.717) is 41.6 Å². The van der Waals surface area contributed by atoms with Crippen LogP contribution in [0.5, 0.6) is 0 Å². The Morgan fingerprint density at radius 3 is 2.72 bits per heavy atom. The molecule has 218 valence electrons. The largest absolute Gasteiger partial charge is 0.328 e. The predicted molar refractivity (Wildman–Crippen MR) is 164 cm³/mol. The van der Waals surface area contributed by atoms with Crippen LogP contribution in [0.25, 0.3) is 0 Å². The summed E-state index contributed by atoms with van der Waals surface area (Å²) in [5, 5.41) is 2.90. The summed E-state index contributed by atoms with van der Waals surface area (Å²) in [6.07, 6.45) is 12.7. The van der Waals surface area contributed by atoms with Crippen LogP contribution in [0.15, 0.2) is 88.6 Å². The van der Waals surface area contributed by atoms with Crippen molar-refractivity contribution in [3.05, 3.63) is 106 Å². The molecule has 2 amide bonds. The lowest BCUT2D eigenvalue weighted by molar-refractivity contribution is -0.750. The number of anilines is 1. The first-order chi connectivity index (χ1) is 20.9. The number of quaternary nitrogens is 1. The Morgan fingerprint density at radius 2 is 1.93 bits per heavy atom. The zero-order valence-electron chi connectivity index (χ0n) is 23.7. The number of benzene rings is 1. The zero-order chi connectivity index (χ0) is 30.0. The molecular formula is C31H31ClN9O2+. The Labute approximate surface area is 254 Å². The van der Waals surface area contributed by atoms with Gasteiger partial charge in [0.2, 0.25) is 11.0 Å². The summed E-state index contributed by atoms with van der Waals surface area (Å²) in [6, 6.07) is 12.2. The van der Waals surface area contributed by atoms with E-state index < -0.39 is 0 Å². The van der Waals surface area contributed by atoms with Gasteiger partial charge in [-0.3, -0.25) is 14.6 Å². The molecule has 3 aliphatic heterocycles. The number of amidine groups is 1. The highest BCUT2D eigenvalue weighted by molar-refractivity contribution is 6.28. The maximum atomic E-state index is 13.6. The third-order valence-electron chi connectivity index (χ3n) is 7.76. The fraction of sp³-hybridized carbons (Fsp3) is 0.258. The maximum Gasteiger partial charge on any atom is 0.273 e. The molecule has 43 heavy (non-hydrogen) atoms. The molecule has 3 aliphatic rings. The van der Waals surface area contributed by atoms with E-state index in [4.69, 9.17) is 22.4 Å². The van der Waals surface area contributed by atoms with Crippen molar-refractivity contribution in [2.45, 2.75) is 45.1 Å². The van der Waals surface area contributed by atoms with Crippen molar-refractivity contribution >= 4 is 41.3 Å². The summed E-state index contributed by atoms with van der Waals surface area (Å²) in [7, 11) is 0. The molecule has 2 atom stereocenters. The van der Waals surface area contributed by atoms with Crippen molar-refractivity contribution in [3.63, 3.8) is 0 Å². The highest BCUT2D eigenvalue weighted by atomic mass is 35.5. The quantitative estimate of drug-likeness (QED) is 0.231. The summed E-state index contributed by atoms with van der Waals surface area (Å²) < 4.78 is -0.198. The number of nitrogens with zero attached hydrogens (tertiary/aromatic N) is 7. The summed E-state index contributed by atoms with van der Waals surface area (Å²) >= 11 is 5.98. The summed E-state index contributed by atoms with van der Waals surface area (Å²) in [4.78, 5) is 50.1. The fourth-order valence-corrected chi connectivity index (χ4v) is 5.80. The van der Waals surface area contributed by atoms with Gasteiger partial charge in [0, 0.05) is 24.5 Å². The van der Waals surface area contributed by atoms with Crippen LogP contribution in [0.1, 0.15) is 64.6 Å². The van der Waals surface area contributed by atoms with E-state index >= 15 is 0 Å². The van der Waals surface area contributed by atoms with Crippen LogP contribution < -0.4 is 11.2 Å². The van der Waals surface area contributed by atoms with Crippen molar-refractivity contribution in [2.75, 3.05) is 11.9 Å². The number of piperidine rings is 1. The number of aromatic nitrogens is 3. The molecule has 1 aromatic carbocycles. The van der Waals surface area contributed by atoms with E-state index in [9.17, 15) is 9.59 Å². The van der Waals surface area contributed by atoms with E-state index in [-0.39, 0.29) is 33.4 Å². The molecule has 0 saturated carbocycles.